The summed E-state index contributed by atoms with van der Waals surface area (Å²) in [5.74, 6) is -0.207. The standard InChI is InChI=1S/C21H18N2O3S/c1-12-18-16(13-7-9-15(24)10-8-13)11-17(25)23-21(18)27-19(12)20(26)22-14-5-3-2-4-6-14/h2-10,16,24H,11H2,1H3,(H,22,26)(H,23,25). The summed E-state index contributed by atoms with van der Waals surface area (Å²) >= 11 is 1.30. The van der Waals surface area contributed by atoms with Crippen molar-refractivity contribution in [2.45, 2.75) is 19.3 Å². The Morgan fingerprint density at radius 3 is 2.56 bits per heavy atom. The zero-order valence-corrected chi connectivity index (χ0v) is 15.5. The number of carbonyl (C=O) groups is 2. The van der Waals surface area contributed by atoms with Crippen LogP contribution in [0.1, 0.15) is 38.7 Å². The number of nitrogens with one attached hydrogen (secondary N) is 2. The molecule has 2 heterocycles. The Kier molecular flexibility index (Phi) is 4.41. The third kappa shape index (κ3) is 3.31. The lowest BCUT2D eigenvalue weighted by Gasteiger charge is -2.24. The van der Waals surface area contributed by atoms with Gasteiger partial charge in [0.15, 0.2) is 0 Å². The number of hydrogen-bond donors (Lipinski definition) is 3. The van der Waals surface area contributed by atoms with E-state index in [2.05, 4.69) is 10.6 Å². The van der Waals surface area contributed by atoms with E-state index in [1.54, 1.807) is 12.1 Å². The molecule has 1 aromatic heterocycles. The maximum absolute atomic E-state index is 12.8. The van der Waals surface area contributed by atoms with Crippen LogP contribution in [0.2, 0.25) is 0 Å². The highest BCUT2D eigenvalue weighted by Gasteiger charge is 2.32. The summed E-state index contributed by atoms with van der Waals surface area (Å²) < 4.78 is 0. The molecular formula is C21H18N2O3S. The molecule has 1 aliphatic heterocycles. The van der Waals surface area contributed by atoms with Gasteiger partial charge in [-0.3, -0.25) is 9.59 Å². The fourth-order valence-corrected chi connectivity index (χ4v) is 4.60. The second kappa shape index (κ2) is 6.89. The van der Waals surface area contributed by atoms with Crippen LogP contribution in [-0.4, -0.2) is 16.9 Å². The first-order chi connectivity index (χ1) is 13.0. The maximum atomic E-state index is 12.8. The Labute approximate surface area is 160 Å². The normalized spacial score (nSPS) is 15.7. The van der Waals surface area contributed by atoms with Crippen LogP contribution in [0.5, 0.6) is 5.75 Å². The SMILES string of the molecule is Cc1c(C(=O)Nc2ccccc2)sc2c1C(c1ccc(O)cc1)CC(=O)N2. The van der Waals surface area contributed by atoms with E-state index >= 15 is 0 Å². The van der Waals surface area contributed by atoms with Gasteiger partial charge in [-0.1, -0.05) is 30.3 Å². The van der Waals surface area contributed by atoms with Gasteiger partial charge in [0.2, 0.25) is 5.91 Å². The number of amides is 2. The Morgan fingerprint density at radius 2 is 1.85 bits per heavy atom. The molecule has 0 radical (unpaired) electrons. The predicted molar refractivity (Wildman–Crippen MR) is 107 cm³/mol. The first kappa shape index (κ1) is 17.3. The molecule has 0 saturated carbocycles. The van der Waals surface area contributed by atoms with Crippen LogP contribution in [0.25, 0.3) is 0 Å². The molecule has 136 valence electrons. The zero-order chi connectivity index (χ0) is 19.0. The van der Waals surface area contributed by atoms with Gasteiger partial charge in [-0.05, 0) is 47.9 Å². The summed E-state index contributed by atoms with van der Waals surface area (Å²) in [5, 5.41) is 16.1. The summed E-state index contributed by atoms with van der Waals surface area (Å²) in [7, 11) is 0. The van der Waals surface area contributed by atoms with Gasteiger partial charge >= 0.3 is 0 Å². The van der Waals surface area contributed by atoms with Crippen LogP contribution in [0, 0.1) is 6.92 Å². The van der Waals surface area contributed by atoms with Crippen LogP contribution >= 0.6 is 11.3 Å². The molecule has 4 rings (SSSR count). The van der Waals surface area contributed by atoms with Crippen molar-refractivity contribution < 1.29 is 14.7 Å². The number of aromatic hydroxyl groups is 1. The van der Waals surface area contributed by atoms with E-state index < -0.39 is 0 Å². The van der Waals surface area contributed by atoms with Crippen LogP contribution in [0.3, 0.4) is 0 Å². The highest BCUT2D eigenvalue weighted by Crippen LogP contribution is 2.45. The molecule has 1 aliphatic rings. The van der Waals surface area contributed by atoms with Gasteiger partial charge in [0.25, 0.3) is 5.91 Å². The minimum atomic E-state index is -0.184. The number of thiophene rings is 1. The molecule has 2 amide bonds. The number of phenolic OH excluding ortho intramolecular Hbond substituents is 1. The Bertz CT molecular complexity index is 1010. The van der Waals surface area contributed by atoms with Crippen molar-refractivity contribution in [3.63, 3.8) is 0 Å². The molecule has 0 spiro atoms. The molecule has 2 aromatic carbocycles. The lowest BCUT2D eigenvalue weighted by Crippen LogP contribution is -2.22. The lowest BCUT2D eigenvalue weighted by molar-refractivity contribution is -0.116. The highest BCUT2D eigenvalue weighted by molar-refractivity contribution is 7.18. The maximum Gasteiger partial charge on any atom is 0.266 e. The zero-order valence-electron chi connectivity index (χ0n) is 14.7. The van der Waals surface area contributed by atoms with Crippen molar-refractivity contribution in [1.82, 2.24) is 0 Å². The van der Waals surface area contributed by atoms with Crippen LogP contribution < -0.4 is 10.6 Å². The molecule has 3 aromatic rings. The van der Waals surface area contributed by atoms with Crippen molar-refractivity contribution in [3.05, 3.63) is 76.2 Å². The summed E-state index contributed by atoms with van der Waals surface area (Å²) in [6, 6.07) is 16.2. The fraction of sp³-hybridized carbons (Fsp3) is 0.143. The highest BCUT2D eigenvalue weighted by atomic mass is 32.1. The Morgan fingerprint density at radius 1 is 1.15 bits per heavy atom. The third-order valence-electron chi connectivity index (χ3n) is 4.72. The van der Waals surface area contributed by atoms with Gasteiger partial charge in [-0.2, -0.15) is 0 Å². The monoisotopic (exact) mass is 378 g/mol. The van der Waals surface area contributed by atoms with Gasteiger partial charge < -0.3 is 15.7 Å². The first-order valence-electron chi connectivity index (χ1n) is 8.61. The quantitative estimate of drug-likeness (QED) is 0.628. The number of para-hydroxylation sites is 1. The molecule has 0 saturated heterocycles. The number of fused-ring (bicyclic) bond motifs is 1. The van der Waals surface area contributed by atoms with Crippen molar-refractivity contribution in [1.29, 1.82) is 0 Å². The number of benzene rings is 2. The molecule has 1 unspecified atom stereocenters. The van der Waals surface area contributed by atoms with E-state index in [1.807, 2.05) is 49.4 Å². The number of carbonyl (C=O) groups excluding carboxylic acids is 2. The van der Waals surface area contributed by atoms with Crippen molar-refractivity contribution in [2.75, 3.05) is 10.6 Å². The molecule has 0 aliphatic carbocycles. The second-order valence-corrected chi connectivity index (χ2v) is 7.54. The molecule has 5 nitrogen and oxygen atoms in total. The first-order valence-corrected chi connectivity index (χ1v) is 9.43. The largest absolute Gasteiger partial charge is 0.508 e. The van der Waals surface area contributed by atoms with Gasteiger partial charge in [0.05, 0.1) is 9.88 Å². The van der Waals surface area contributed by atoms with E-state index in [9.17, 15) is 14.7 Å². The Hall–Kier alpha value is -3.12. The van der Waals surface area contributed by atoms with E-state index in [0.29, 0.717) is 11.3 Å². The molecule has 0 fully saturated rings. The summed E-state index contributed by atoms with van der Waals surface area (Å²) in [6.45, 7) is 1.92. The van der Waals surface area contributed by atoms with Crippen LogP contribution in [0.4, 0.5) is 10.7 Å². The molecule has 27 heavy (non-hydrogen) atoms. The fourth-order valence-electron chi connectivity index (χ4n) is 3.42. The van der Waals surface area contributed by atoms with E-state index in [-0.39, 0.29) is 23.5 Å². The Balaban J connectivity index is 1.71. The average Bonchev–Trinajstić information content (AvgIpc) is 2.99. The molecule has 0 bridgehead atoms. The predicted octanol–water partition coefficient (Wildman–Crippen LogP) is 4.49. The topological polar surface area (TPSA) is 78.4 Å². The number of rotatable bonds is 3. The summed E-state index contributed by atoms with van der Waals surface area (Å²) in [5.41, 5.74) is 3.53. The third-order valence-corrected chi connectivity index (χ3v) is 5.94. The van der Waals surface area contributed by atoms with Gasteiger partial charge in [-0.15, -0.1) is 11.3 Å². The molecular weight excluding hydrogens is 360 g/mol. The minimum Gasteiger partial charge on any atom is -0.508 e. The van der Waals surface area contributed by atoms with E-state index in [1.165, 1.54) is 11.3 Å². The van der Waals surface area contributed by atoms with Crippen molar-refractivity contribution >= 4 is 33.8 Å². The van der Waals surface area contributed by atoms with Crippen LogP contribution in [-0.2, 0) is 4.79 Å². The van der Waals surface area contributed by atoms with E-state index in [0.717, 1.165) is 27.4 Å². The van der Waals surface area contributed by atoms with Gasteiger partial charge in [0.1, 0.15) is 5.75 Å². The smallest absolute Gasteiger partial charge is 0.266 e. The average molecular weight is 378 g/mol. The number of hydrogen-bond acceptors (Lipinski definition) is 4. The summed E-state index contributed by atoms with van der Waals surface area (Å²) in [6.07, 6.45) is 0.315. The second-order valence-electron chi connectivity index (χ2n) is 6.52. The molecule has 1 atom stereocenters. The van der Waals surface area contributed by atoms with Crippen molar-refractivity contribution in [3.8, 4) is 5.75 Å². The van der Waals surface area contributed by atoms with Crippen molar-refractivity contribution in [2.24, 2.45) is 0 Å². The van der Waals surface area contributed by atoms with Crippen LogP contribution in [0.15, 0.2) is 54.6 Å². The van der Waals surface area contributed by atoms with Gasteiger partial charge in [-0.25, -0.2) is 0 Å². The minimum absolute atomic E-state index is 0.0724. The van der Waals surface area contributed by atoms with E-state index in [4.69, 9.17) is 0 Å². The summed E-state index contributed by atoms with van der Waals surface area (Å²) in [4.78, 5) is 25.6. The molecule has 6 heteroatoms. The number of anilines is 2. The lowest BCUT2D eigenvalue weighted by atomic mass is 9.85. The van der Waals surface area contributed by atoms with Gasteiger partial charge in [0, 0.05) is 18.0 Å². The number of phenols is 1. The molecule has 3 N–H and O–H groups in total.